The summed E-state index contributed by atoms with van der Waals surface area (Å²) in [7, 11) is 0. The second-order valence-corrected chi connectivity index (χ2v) is 4.39. The van der Waals surface area contributed by atoms with E-state index in [1.54, 1.807) is 29.2 Å². The fraction of sp³-hybridized carbons (Fsp3) is 0.333. The van der Waals surface area contributed by atoms with E-state index >= 15 is 0 Å². The molecule has 96 valence electrons. The van der Waals surface area contributed by atoms with Crippen molar-refractivity contribution in [3.63, 3.8) is 0 Å². The number of carboxylic acids is 1. The lowest BCUT2D eigenvalue weighted by Crippen LogP contribution is -2.52. The first-order chi connectivity index (χ1) is 8.56. The van der Waals surface area contributed by atoms with Gasteiger partial charge in [-0.15, -0.1) is 0 Å². The summed E-state index contributed by atoms with van der Waals surface area (Å²) >= 11 is 0. The number of para-hydroxylation sites is 2. The van der Waals surface area contributed by atoms with Crippen LogP contribution in [-0.4, -0.2) is 35.1 Å². The number of benzene rings is 1. The van der Waals surface area contributed by atoms with Crippen LogP contribution in [0.5, 0.6) is 0 Å². The van der Waals surface area contributed by atoms with Crippen molar-refractivity contribution in [2.45, 2.75) is 6.42 Å². The predicted molar refractivity (Wildman–Crippen MR) is 67.2 cm³/mol. The molecule has 1 saturated heterocycles. The molecule has 0 spiro atoms. The molecule has 6 nitrogen and oxygen atoms in total. The molecule has 0 saturated carbocycles. The SMILES string of the molecule is Nc1ccccc1NC(=O)N1CC(CC(=O)O)C1. The summed E-state index contributed by atoms with van der Waals surface area (Å²) in [6, 6.07) is 6.77. The molecule has 4 N–H and O–H groups in total. The number of nitrogens with one attached hydrogen (secondary N) is 1. The van der Waals surface area contributed by atoms with Gasteiger partial charge in [0.15, 0.2) is 0 Å². The van der Waals surface area contributed by atoms with Crippen molar-refractivity contribution in [3.05, 3.63) is 24.3 Å². The number of hydrogen-bond donors (Lipinski definition) is 3. The van der Waals surface area contributed by atoms with Gasteiger partial charge in [0.2, 0.25) is 0 Å². The van der Waals surface area contributed by atoms with Gasteiger partial charge in [0.05, 0.1) is 17.8 Å². The third-order valence-corrected chi connectivity index (χ3v) is 2.91. The minimum Gasteiger partial charge on any atom is -0.481 e. The molecule has 0 aromatic heterocycles. The van der Waals surface area contributed by atoms with Crippen LogP contribution >= 0.6 is 0 Å². The number of nitrogen functional groups attached to an aromatic ring is 1. The van der Waals surface area contributed by atoms with Crippen molar-refractivity contribution in [1.82, 2.24) is 4.90 Å². The summed E-state index contributed by atoms with van der Waals surface area (Å²) in [5.74, 6) is -0.770. The van der Waals surface area contributed by atoms with Gasteiger partial charge in [-0.25, -0.2) is 4.79 Å². The molecule has 2 amide bonds. The summed E-state index contributed by atoms with van der Waals surface area (Å²) in [5, 5.41) is 11.3. The zero-order valence-corrected chi connectivity index (χ0v) is 9.80. The van der Waals surface area contributed by atoms with Crippen LogP contribution < -0.4 is 11.1 Å². The van der Waals surface area contributed by atoms with Crippen LogP contribution in [0.1, 0.15) is 6.42 Å². The first-order valence-corrected chi connectivity index (χ1v) is 5.68. The number of aliphatic carboxylic acids is 1. The molecular formula is C12H15N3O3. The molecule has 1 aliphatic rings. The number of carbonyl (C=O) groups is 2. The highest BCUT2D eigenvalue weighted by Gasteiger charge is 2.32. The van der Waals surface area contributed by atoms with Gasteiger partial charge in [0.25, 0.3) is 0 Å². The number of nitrogens with zero attached hydrogens (tertiary/aromatic N) is 1. The maximum atomic E-state index is 11.8. The number of anilines is 2. The Morgan fingerprint density at radius 1 is 1.39 bits per heavy atom. The van der Waals surface area contributed by atoms with Crippen LogP contribution in [0.15, 0.2) is 24.3 Å². The van der Waals surface area contributed by atoms with E-state index < -0.39 is 5.97 Å². The van der Waals surface area contributed by atoms with Gasteiger partial charge in [0, 0.05) is 19.0 Å². The van der Waals surface area contributed by atoms with Crippen molar-refractivity contribution in [2.75, 3.05) is 24.1 Å². The summed E-state index contributed by atoms with van der Waals surface area (Å²) in [4.78, 5) is 23.8. The number of likely N-dealkylation sites (tertiary alicyclic amines) is 1. The summed E-state index contributed by atoms with van der Waals surface area (Å²) in [6.07, 6.45) is 0.108. The smallest absolute Gasteiger partial charge is 0.321 e. The first-order valence-electron chi connectivity index (χ1n) is 5.68. The van der Waals surface area contributed by atoms with Crippen LogP contribution in [0, 0.1) is 5.92 Å². The molecule has 0 unspecified atom stereocenters. The highest BCUT2D eigenvalue weighted by Crippen LogP contribution is 2.22. The van der Waals surface area contributed by atoms with E-state index in [-0.39, 0.29) is 18.4 Å². The molecule has 0 bridgehead atoms. The topological polar surface area (TPSA) is 95.7 Å². The van der Waals surface area contributed by atoms with Crippen molar-refractivity contribution >= 4 is 23.4 Å². The first kappa shape index (κ1) is 12.2. The third kappa shape index (κ3) is 2.71. The van der Waals surface area contributed by atoms with Gasteiger partial charge in [-0.2, -0.15) is 0 Å². The van der Waals surface area contributed by atoms with Crippen molar-refractivity contribution in [2.24, 2.45) is 5.92 Å². The van der Waals surface area contributed by atoms with Crippen molar-refractivity contribution in [3.8, 4) is 0 Å². The minimum absolute atomic E-state index is 0.0568. The molecule has 6 heteroatoms. The predicted octanol–water partition coefficient (Wildman–Crippen LogP) is 1.21. The standard InChI is InChI=1S/C12H15N3O3/c13-9-3-1-2-4-10(9)14-12(18)15-6-8(7-15)5-11(16)17/h1-4,8H,5-7,13H2,(H,14,18)(H,16,17). The van der Waals surface area contributed by atoms with Gasteiger partial charge >= 0.3 is 12.0 Å². The van der Waals surface area contributed by atoms with Gasteiger partial charge in [0.1, 0.15) is 0 Å². The molecule has 0 radical (unpaired) electrons. The number of nitrogens with two attached hydrogens (primary N) is 1. The summed E-state index contributed by atoms with van der Waals surface area (Å²) in [5.41, 5.74) is 6.79. The Bertz CT molecular complexity index is 469. The van der Waals surface area contributed by atoms with Crippen molar-refractivity contribution < 1.29 is 14.7 Å². The van der Waals surface area contributed by atoms with Crippen molar-refractivity contribution in [1.29, 1.82) is 0 Å². The second-order valence-electron chi connectivity index (χ2n) is 4.39. The Morgan fingerprint density at radius 2 is 2.06 bits per heavy atom. The van der Waals surface area contributed by atoms with Crippen LogP contribution in [0.3, 0.4) is 0 Å². The number of amides is 2. The van der Waals surface area contributed by atoms with Gasteiger partial charge in [-0.05, 0) is 12.1 Å². The lowest BCUT2D eigenvalue weighted by molar-refractivity contribution is -0.139. The van der Waals surface area contributed by atoms with Crippen LogP contribution in [0.4, 0.5) is 16.2 Å². The second kappa shape index (κ2) is 4.95. The van der Waals surface area contributed by atoms with Gasteiger partial charge in [-0.1, -0.05) is 12.1 Å². The summed E-state index contributed by atoms with van der Waals surface area (Å²) in [6.45, 7) is 0.954. The zero-order valence-electron chi connectivity index (χ0n) is 9.80. The van der Waals surface area contributed by atoms with E-state index in [1.807, 2.05) is 0 Å². The van der Waals surface area contributed by atoms with Crippen LogP contribution in [-0.2, 0) is 4.79 Å². The Kier molecular flexibility index (Phi) is 3.36. The Labute approximate surface area is 104 Å². The summed E-state index contributed by atoms with van der Waals surface area (Å²) < 4.78 is 0. The average molecular weight is 249 g/mol. The normalized spacial score (nSPS) is 15.0. The third-order valence-electron chi connectivity index (χ3n) is 2.91. The molecule has 1 fully saturated rings. The number of carboxylic acid groups (broad SMARTS) is 1. The Morgan fingerprint density at radius 3 is 2.67 bits per heavy atom. The molecule has 1 aliphatic heterocycles. The number of rotatable bonds is 3. The molecule has 2 rings (SSSR count). The molecular weight excluding hydrogens is 234 g/mol. The lowest BCUT2D eigenvalue weighted by atomic mass is 9.97. The van der Waals surface area contributed by atoms with E-state index in [4.69, 9.17) is 10.8 Å². The average Bonchev–Trinajstić information content (AvgIpc) is 2.25. The molecule has 0 aliphatic carbocycles. The minimum atomic E-state index is -0.827. The number of carbonyl (C=O) groups excluding carboxylic acids is 1. The molecule has 1 aromatic carbocycles. The fourth-order valence-corrected chi connectivity index (χ4v) is 1.92. The van der Waals surface area contributed by atoms with E-state index in [0.29, 0.717) is 24.5 Å². The van der Waals surface area contributed by atoms with Crippen LogP contribution in [0.25, 0.3) is 0 Å². The Balaban J connectivity index is 1.84. The van der Waals surface area contributed by atoms with Crippen LogP contribution in [0.2, 0.25) is 0 Å². The zero-order chi connectivity index (χ0) is 13.1. The maximum absolute atomic E-state index is 11.8. The number of hydrogen-bond acceptors (Lipinski definition) is 3. The molecule has 1 heterocycles. The van der Waals surface area contributed by atoms with E-state index in [2.05, 4.69) is 5.32 Å². The van der Waals surface area contributed by atoms with E-state index in [0.717, 1.165) is 0 Å². The van der Waals surface area contributed by atoms with E-state index in [1.165, 1.54) is 0 Å². The molecule has 0 atom stereocenters. The largest absolute Gasteiger partial charge is 0.481 e. The highest BCUT2D eigenvalue weighted by molar-refractivity contribution is 5.93. The van der Waals surface area contributed by atoms with Gasteiger partial charge in [-0.3, -0.25) is 4.79 Å². The maximum Gasteiger partial charge on any atom is 0.321 e. The monoisotopic (exact) mass is 249 g/mol. The van der Waals surface area contributed by atoms with Gasteiger partial charge < -0.3 is 21.1 Å². The van der Waals surface area contributed by atoms with E-state index in [9.17, 15) is 9.59 Å². The highest BCUT2D eigenvalue weighted by atomic mass is 16.4. The lowest BCUT2D eigenvalue weighted by Gasteiger charge is -2.38. The molecule has 1 aromatic rings. The quantitative estimate of drug-likeness (QED) is 0.701. The number of urea groups is 1. The Hall–Kier alpha value is -2.24. The fourth-order valence-electron chi connectivity index (χ4n) is 1.92. The molecule has 18 heavy (non-hydrogen) atoms.